The average molecular weight is 322 g/mol. The van der Waals surface area contributed by atoms with Crippen LogP contribution < -0.4 is 0 Å². The number of benzene rings is 2. The van der Waals surface area contributed by atoms with E-state index in [0.717, 1.165) is 10.6 Å². The van der Waals surface area contributed by atoms with E-state index in [0.29, 0.717) is 16.3 Å². The van der Waals surface area contributed by atoms with Gasteiger partial charge in [0.05, 0.1) is 0 Å². The van der Waals surface area contributed by atoms with Crippen molar-refractivity contribution in [1.29, 1.82) is 0 Å². The lowest BCUT2D eigenvalue weighted by molar-refractivity contribution is 0.628. The molecule has 0 atom stereocenters. The van der Waals surface area contributed by atoms with Crippen molar-refractivity contribution < 1.29 is 4.39 Å². The molecule has 4 aromatic rings. The third-order valence-corrected chi connectivity index (χ3v) is 4.17. The molecule has 0 saturated heterocycles. The summed E-state index contributed by atoms with van der Waals surface area (Å²) in [4.78, 5) is 0.678. The van der Waals surface area contributed by atoms with Crippen LogP contribution in [0.15, 0.2) is 54.6 Å². The zero-order valence-corrected chi connectivity index (χ0v) is 12.7. The smallest absolute Gasteiger partial charge is 0.207 e. The summed E-state index contributed by atoms with van der Waals surface area (Å²) in [5.74, 6) is 0.230. The molecule has 0 saturated carbocycles. The maximum atomic E-state index is 13.4. The molecule has 112 valence electrons. The molecule has 0 aliphatic carbocycles. The Hall–Kier alpha value is -2.86. The van der Waals surface area contributed by atoms with E-state index in [1.807, 2.05) is 42.5 Å². The first kappa shape index (κ1) is 13.8. The van der Waals surface area contributed by atoms with Crippen molar-refractivity contribution in [1.82, 2.24) is 19.8 Å². The molecule has 6 heteroatoms. The molecule has 2 aromatic heterocycles. The van der Waals surface area contributed by atoms with Gasteiger partial charge >= 0.3 is 0 Å². The van der Waals surface area contributed by atoms with Crippen LogP contribution >= 0.6 is 11.3 Å². The summed E-state index contributed by atoms with van der Waals surface area (Å²) in [7, 11) is 0. The SMILES string of the molecule is Fc1cccc(-c2nnc3sc(/C=C\c4ccccc4)nn23)c1. The van der Waals surface area contributed by atoms with E-state index in [1.165, 1.54) is 23.5 Å². The first-order valence-electron chi connectivity index (χ1n) is 7.01. The number of rotatable bonds is 3. The molecule has 4 nitrogen and oxygen atoms in total. The third kappa shape index (κ3) is 2.76. The van der Waals surface area contributed by atoms with Crippen LogP contribution in [0.3, 0.4) is 0 Å². The number of hydrogen-bond donors (Lipinski definition) is 0. The Balaban J connectivity index is 1.71. The Morgan fingerprint density at radius 2 is 1.83 bits per heavy atom. The Kier molecular flexibility index (Phi) is 3.44. The van der Waals surface area contributed by atoms with Gasteiger partial charge in [0.25, 0.3) is 0 Å². The molecular weight excluding hydrogens is 311 g/mol. The Morgan fingerprint density at radius 3 is 2.65 bits per heavy atom. The van der Waals surface area contributed by atoms with Gasteiger partial charge in [-0.15, -0.1) is 10.2 Å². The average Bonchev–Trinajstić information content (AvgIpc) is 3.14. The highest BCUT2D eigenvalue weighted by Crippen LogP contribution is 2.23. The minimum Gasteiger partial charge on any atom is -0.207 e. The molecule has 0 unspecified atom stereocenters. The highest BCUT2D eigenvalue weighted by molar-refractivity contribution is 7.17. The van der Waals surface area contributed by atoms with E-state index < -0.39 is 0 Å². The van der Waals surface area contributed by atoms with Crippen LogP contribution in [0.1, 0.15) is 10.6 Å². The predicted molar refractivity (Wildman–Crippen MR) is 89.4 cm³/mol. The van der Waals surface area contributed by atoms with Gasteiger partial charge in [0, 0.05) is 5.56 Å². The molecule has 0 radical (unpaired) electrons. The van der Waals surface area contributed by atoms with Gasteiger partial charge < -0.3 is 0 Å². The number of halogens is 1. The fraction of sp³-hybridized carbons (Fsp3) is 0. The molecule has 2 aromatic carbocycles. The number of aromatic nitrogens is 4. The van der Waals surface area contributed by atoms with Gasteiger partial charge in [-0.05, 0) is 23.8 Å². The van der Waals surface area contributed by atoms with Crippen molar-refractivity contribution in [2.45, 2.75) is 0 Å². The highest BCUT2D eigenvalue weighted by Gasteiger charge is 2.12. The van der Waals surface area contributed by atoms with Crippen LogP contribution in [0.4, 0.5) is 4.39 Å². The summed E-state index contributed by atoms with van der Waals surface area (Å²) >= 11 is 1.43. The lowest BCUT2D eigenvalue weighted by Gasteiger charge is -1.96. The standard InChI is InChI=1S/C17H11FN4S/c18-14-8-4-7-13(11-14)16-19-20-17-22(16)21-15(23-17)10-9-12-5-2-1-3-6-12/h1-11H/b10-9-. The maximum absolute atomic E-state index is 13.4. The lowest BCUT2D eigenvalue weighted by atomic mass is 10.2. The van der Waals surface area contributed by atoms with Crippen molar-refractivity contribution >= 4 is 28.4 Å². The molecule has 4 rings (SSSR count). The van der Waals surface area contributed by atoms with Gasteiger partial charge in [-0.3, -0.25) is 0 Å². The summed E-state index contributed by atoms with van der Waals surface area (Å²) in [6.45, 7) is 0. The van der Waals surface area contributed by atoms with Crippen LogP contribution in [-0.4, -0.2) is 19.8 Å². The van der Waals surface area contributed by atoms with Crippen LogP contribution in [-0.2, 0) is 0 Å². The summed E-state index contributed by atoms with van der Waals surface area (Å²) in [6, 6.07) is 16.3. The third-order valence-electron chi connectivity index (χ3n) is 3.31. The molecule has 0 fully saturated rings. The predicted octanol–water partition coefficient (Wildman–Crippen LogP) is 4.16. The van der Waals surface area contributed by atoms with E-state index in [-0.39, 0.29) is 5.82 Å². The van der Waals surface area contributed by atoms with E-state index >= 15 is 0 Å². The quantitative estimate of drug-likeness (QED) is 0.569. The second kappa shape index (κ2) is 5.73. The van der Waals surface area contributed by atoms with Crippen molar-refractivity contribution in [3.63, 3.8) is 0 Å². The molecule has 0 bridgehead atoms. The topological polar surface area (TPSA) is 43.1 Å². The molecule has 0 amide bonds. The van der Waals surface area contributed by atoms with Gasteiger partial charge in [0.2, 0.25) is 4.96 Å². The second-order valence-electron chi connectivity index (χ2n) is 4.91. The minimum atomic E-state index is -0.307. The fourth-order valence-electron chi connectivity index (χ4n) is 2.24. The van der Waals surface area contributed by atoms with Crippen molar-refractivity contribution in [3.8, 4) is 11.4 Å². The largest absolute Gasteiger partial charge is 0.235 e. The zero-order chi connectivity index (χ0) is 15.6. The molecule has 2 heterocycles. The zero-order valence-electron chi connectivity index (χ0n) is 11.9. The van der Waals surface area contributed by atoms with Crippen LogP contribution in [0.2, 0.25) is 0 Å². The molecule has 0 N–H and O–H groups in total. The van der Waals surface area contributed by atoms with Crippen LogP contribution in [0.25, 0.3) is 28.5 Å². The van der Waals surface area contributed by atoms with E-state index in [1.54, 1.807) is 16.6 Å². The Bertz CT molecular complexity index is 988. The molecule has 0 spiro atoms. The normalized spacial score (nSPS) is 11.5. The summed E-state index contributed by atoms with van der Waals surface area (Å²) in [5.41, 5.74) is 1.75. The molecule has 0 aliphatic heterocycles. The van der Waals surface area contributed by atoms with Crippen molar-refractivity contribution in [2.24, 2.45) is 0 Å². The van der Waals surface area contributed by atoms with E-state index in [2.05, 4.69) is 15.3 Å². The van der Waals surface area contributed by atoms with E-state index in [4.69, 9.17) is 0 Å². The van der Waals surface area contributed by atoms with Crippen molar-refractivity contribution in [3.05, 3.63) is 71.0 Å². The Labute approximate surface area is 135 Å². The van der Waals surface area contributed by atoms with Crippen LogP contribution in [0, 0.1) is 5.82 Å². The first-order chi connectivity index (χ1) is 11.3. The van der Waals surface area contributed by atoms with Gasteiger partial charge in [-0.1, -0.05) is 59.9 Å². The monoisotopic (exact) mass is 322 g/mol. The lowest BCUT2D eigenvalue weighted by Crippen LogP contribution is -1.91. The second-order valence-corrected chi connectivity index (χ2v) is 5.90. The van der Waals surface area contributed by atoms with Gasteiger partial charge in [0.1, 0.15) is 10.8 Å². The summed E-state index contributed by atoms with van der Waals surface area (Å²) < 4.78 is 15.0. The highest BCUT2D eigenvalue weighted by atomic mass is 32.1. The van der Waals surface area contributed by atoms with Gasteiger partial charge in [-0.2, -0.15) is 9.61 Å². The molecule has 23 heavy (non-hydrogen) atoms. The fourth-order valence-corrected chi connectivity index (χ4v) is 2.98. The number of fused-ring (bicyclic) bond motifs is 1. The summed E-state index contributed by atoms with van der Waals surface area (Å²) in [5, 5.41) is 13.5. The Morgan fingerprint density at radius 1 is 0.957 bits per heavy atom. The van der Waals surface area contributed by atoms with Crippen LogP contribution in [0.5, 0.6) is 0 Å². The first-order valence-corrected chi connectivity index (χ1v) is 7.82. The molecular formula is C17H11FN4S. The van der Waals surface area contributed by atoms with Gasteiger partial charge in [0.15, 0.2) is 5.82 Å². The van der Waals surface area contributed by atoms with E-state index in [9.17, 15) is 4.39 Å². The maximum Gasteiger partial charge on any atom is 0.235 e. The molecule has 0 aliphatic rings. The number of nitrogens with zero attached hydrogens (tertiary/aromatic N) is 4. The number of hydrogen-bond acceptors (Lipinski definition) is 4. The van der Waals surface area contributed by atoms with Gasteiger partial charge in [-0.25, -0.2) is 4.39 Å². The van der Waals surface area contributed by atoms with Crippen molar-refractivity contribution in [2.75, 3.05) is 0 Å². The summed E-state index contributed by atoms with van der Waals surface area (Å²) in [6.07, 6.45) is 3.93. The minimum absolute atomic E-state index is 0.307.